The van der Waals surface area contributed by atoms with Crippen molar-refractivity contribution in [2.45, 2.75) is 39.6 Å². The van der Waals surface area contributed by atoms with Crippen LogP contribution in [0.2, 0.25) is 0 Å². The lowest BCUT2D eigenvalue weighted by Gasteiger charge is -2.16. The lowest BCUT2D eigenvalue weighted by atomic mass is 10.1. The van der Waals surface area contributed by atoms with Gasteiger partial charge in [-0.25, -0.2) is 0 Å². The van der Waals surface area contributed by atoms with E-state index in [4.69, 9.17) is 9.26 Å². The average Bonchev–Trinajstić information content (AvgIpc) is 2.72. The number of nitrogens with one attached hydrogen (secondary N) is 1. The van der Waals surface area contributed by atoms with Crippen molar-refractivity contribution in [3.8, 4) is 0 Å². The molecule has 1 aromatic heterocycles. The summed E-state index contributed by atoms with van der Waals surface area (Å²) in [6.07, 6.45) is -4.57. The zero-order valence-corrected chi connectivity index (χ0v) is 11.1. The minimum absolute atomic E-state index is 0.115. The van der Waals surface area contributed by atoms with E-state index in [1.165, 1.54) is 0 Å². The molecule has 0 saturated heterocycles. The van der Waals surface area contributed by atoms with Crippen LogP contribution in [0.3, 0.4) is 0 Å². The van der Waals surface area contributed by atoms with Gasteiger partial charge >= 0.3 is 6.18 Å². The zero-order chi connectivity index (χ0) is 14.5. The van der Waals surface area contributed by atoms with Crippen LogP contribution >= 0.6 is 0 Å². The van der Waals surface area contributed by atoms with Gasteiger partial charge in [0.1, 0.15) is 6.10 Å². The third-order valence-electron chi connectivity index (χ3n) is 2.29. The molecule has 0 radical (unpaired) electrons. The maximum atomic E-state index is 11.9. The molecule has 1 unspecified atom stereocenters. The van der Waals surface area contributed by atoms with Gasteiger partial charge in [0.05, 0.1) is 13.1 Å². The van der Waals surface area contributed by atoms with Crippen LogP contribution in [0.5, 0.6) is 0 Å². The van der Waals surface area contributed by atoms with Crippen LogP contribution in [0.15, 0.2) is 4.52 Å². The predicted molar refractivity (Wildman–Crippen MR) is 61.3 cm³/mol. The number of rotatable bonds is 7. The fourth-order valence-corrected chi connectivity index (χ4v) is 1.51. The van der Waals surface area contributed by atoms with Gasteiger partial charge in [-0.3, -0.25) is 0 Å². The summed E-state index contributed by atoms with van der Waals surface area (Å²) < 4.78 is 46.2. The van der Waals surface area contributed by atoms with Crippen LogP contribution in [0.25, 0.3) is 0 Å². The number of hydrogen-bond donors (Lipinski definition) is 1. The second-order valence-corrected chi connectivity index (χ2v) is 4.39. The Labute approximate surface area is 109 Å². The van der Waals surface area contributed by atoms with Gasteiger partial charge in [-0.15, -0.1) is 0 Å². The fourth-order valence-electron chi connectivity index (χ4n) is 1.51. The van der Waals surface area contributed by atoms with Gasteiger partial charge in [0.25, 0.3) is 0 Å². The maximum absolute atomic E-state index is 11.9. The molecule has 0 aliphatic heterocycles. The van der Waals surface area contributed by atoms with Crippen LogP contribution in [-0.4, -0.2) is 29.5 Å². The Morgan fingerprint density at radius 1 is 1.37 bits per heavy atom. The molecule has 1 atom stereocenters. The molecule has 0 saturated carbocycles. The number of nitrogens with zero attached hydrogens (tertiary/aromatic N) is 2. The second-order valence-electron chi connectivity index (χ2n) is 4.39. The standard InChI is InChI=1S/C11H18F3N3O2/c1-4-18-9(7(2)3)10-16-8(19-17-10)5-15-6-11(12,13)14/h7,9,15H,4-6H2,1-3H3. The van der Waals surface area contributed by atoms with Crippen molar-refractivity contribution in [1.29, 1.82) is 0 Å². The van der Waals surface area contributed by atoms with Crippen LogP contribution in [-0.2, 0) is 11.3 Å². The molecule has 0 aromatic carbocycles. The van der Waals surface area contributed by atoms with Gasteiger partial charge in [0.2, 0.25) is 11.7 Å². The van der Waals surface area contributed by atoms with E-state index in [-0.39, 0.29) is 24.5 Å². The minimum Gasteiger partial charge on any atom is -0.370 e. The van der Waals surface area contributed by atoms with Gasteiger partial charge in [-0.05, 0) is 12.8 Å². The predicted octanol–water partition coefficient (Wildman–Crippen LogP) is 2.46. The Bertz CT molecular complexity index is 380. The maximum Gasteiger partial charge on any atom is 0.401 e. The largest absolute Gasteiger partial charge is 0.401 e. The lowest BCUT2D eigenvalue weighted by molar-refractivity contribution is -0.125. The van der Waals surface area contributed by atoms with Gasteiger partial charge in [0.15, 0.2) is 0 Å². The molecule has 0 aliphatic rings. The summed E-state index contributed by atoms with van der Waals surface area (Å²) in [5.41, 5.74) is 0. The summed E-state index contributed by atoms with van der Waals surface area (Å²) in [6.45, 7) is 5.02. The Hall–Kier alpha value is -1.15. The van der Waals surface area contributed by atoms with Gasteiger partial charge < -0.3 is 14.6 Å². The molecule has 0 bridgehead atoms. The van der Waals surface area contributed by atoms with Crippen LogP contribution in [0.1, 0.15) is 38.6 Å². The molecule has 0 fully saturated rings. The summed E-state index contributed by atoms with van der Waals surface area (Å²) in [4.78, 5) is 4.04. The molecule has 19 heavy (non-hydrogen) atoms. The van der Waals surface area contributed by atoms with Crippen LogP contribution in [0.4, 0.5) is 13.2 Å². The highest BCUT2D eigenvalue weighted by molar-refractivity contribution is 4.92. The number of ether oxygens (including phenoxy) is 1. The highest BCUT2D eigenvalue weighted by atomic mass is 19.4. The monoisotopic (exact) mass is 281 g/mol. The van der Waals surface area contributed by atoms with E-state index in [1.54, 1.807) is 0 Å². The first-order chi connectivity index (χ1) is 8.83. The van der Waals surface area contributed by atoms with E-state index in [1.807, 2.05) is 20.8 Å². The van der Waals surface area contributed by atoms with Crippen LogP contribution < -0.4 is 5.32 Å². The molecule has 8 heteroatoms. The van der Waals surface area contributed by atoms with Gasteiger partial charge in [-0.1, -0.05) is 19.0 Å². The van der Waals surface area contributed by atoms with Crippen molar-refractivity contribution < 1.29 is 22.4 Å². The van der Waals surface area contributed by atoms with E-state index in [9.17, 15) is 13.2 Å². The number of hydrogen-bond acceptors (Lipinski definition) is 5. The third-order valence-corrected chi connectivity index (χ3v) is 2.29. The van der Waals surface area contributed by atoms with Crippen molar-refractivity contribution in [2.24, 2.45) is 5.92 Å². The topological polar surface area (TPSA) is 60.2 Å². The third kappa shape index (κ3) is 5.56. The molecular formula is C11H18F3N3O2. The Balaban J connectivity index is 2.55. The minimum atomic E-state index is -4.26. The van der Waals surface area contributed by atoms with E-state index in [0.29, 0.717) is 12.4 Å². The number of halogens is 3. The SMILES string of the molecule is CCOC(c1noc(CNCC(F)(F)F)n1)C(C)C. The Kier molecular flexibility index (Phi) is 5.74. The summed E-state index contributed by atoms with van der Waals surface area (Å²) in [5, 5.41) is 5.93. The number of aromatic nitrogens is 2. The van der Waals surface area contributed by atoms with E-state index >= 15 is 0 Å². The van der Waals surface area contributed by atoms with Crippen molar-refractivity contribution in [3.05, 3.63) is 11.7 Å². The summed E-state index contributed by atoms with van der Waals surface area (Å²) in [6, 6.07) is 0. The smallest absolute Gasteiger partial charge is 0.370 e. The Morgan fingerprint density at radius 3 is 2.58 bits per heavy atom. The molecule has 0 aliphatic carbocycles. The van der Waals surface area contributed by atoms with Crippen molar-refractivity contribution in [3.63, 3.8) is 0 Å². The van der Waals surface area contributed by atoms with Crippen molar-refractivity contribution in [2.75, 3.05) is 13.2 Å². The normalized spacial score (nSPS) is 14.1. The highest BCUT2D eigenvalue weighted by Crippen LogP contribution is 2.23. The lowest BCUT2D eigenvalue weighted by Crippen LogP contribution is -2.28. The first-order valence-electron chi connectivity index (χ1n) is 6.05. The van der Waals surface area contributed by atoms with E-state index < -0.39 is 12.7 Å². The second kappa shape index (κ2) is 6.85. The average molecular weight is 281 g/mol. The first-order valence-corrected chi connectivity index (χ1v) is 6.05. The van der Waals surface area contributed by atoms with Crippen molar-refractivity contribution >= 4 is 0 Å². The molecule has 1 N–H and O–H groups in total. The fraction of sp³-hybridized carbons (Fsp3) is 0.818. The van der Waals surface area contributed by atoms with E-state index in [0.717, 1.165) is 0 Å². The molecule has 110 valence electrons. The van der Waals surface area contributed by atoms with Crippen LogP contribution in [0, 0.1) is 5.92 Å². The van der Waals surface area contributed by atoms with Gasteiger partial charge in [-0.2, -0.15) is 18.2 Å². The Morgan fingerprint density at radius 2 is 2.05 bits per heavy atom. The van der Waals surface area contributed by atoms with E-state index in [2.05, 4.69) is 15.5 Å². The highest BCUT2D eigenvalue weighted by Gasteiger charge is 2.27. The quantitative estimate of drug-likeness (QED) is 0.832. The zero-order valence-electron chi connectivity index (χ0n) is 11.1. The van der Waals surface area contributed by atoms with Gasteiger partial charge in [0, 0.05) is 6.61 Å². The molecule has 5 nitrogen and oxygen atoms in total. The number of alkyl halides is 3. The summed E-state index contributed by atoms with van der Waals surface area (Å²) in [5.74, 6) is 0.624. The molecule has 1 aromatic rings. The van der Waals surface area contributed by atoms with Crippen molar-refractivity contribution in [1.82, 2.24) is 15.5 Å². The molecule has 1 heterocycles. The molecule has 1 rings (SSSR count). The summed E-state index contributed by atoms with van der Waals surface area (Å²) in [7, 11) is 0. The molecular weight excluding hydrogens is 263 g/mol. The molecule has 0 amide bonds. The molecule has 0 spiro atoms. The first kappa shape index (κ1) is 15.9. The summed E-state index contributed by atoms with van der Waals surface area (Å²) >= 11 is 0.